The molecule has 2 aromatic rings. The number of anilines is 1. The van der Waals surface area contributed by atoms with Crippen LogP contribution in [0.5, 0.6) is 0 Å². The zero-order valence-electron chi connectivity index (χ0n) is 14.7. The SMILES string of the molecule is Cc1cc(C2CCCN2C(=O)c2ccc(NC(=O)NC3CC3)cc2)no1. The van der Waals surface area contributed by atoms with Crippen LogP contribution in [0.25, 0.3) is 0 Å². The van der Waals surface area contributed by atoms with Gasteiger partial charge in [-0.15, -0.1) is 0 Å². The molecule has 1 atom stereocenters. The summed E-state index contributed by atoms with van der Waals surface area (Å²) in [5, 5.41) is 9.73. The molecule has 0 radical (unpaired) electrons. The summed E-state index contributed by atoms with van der Waals surface area (Å²) in [4.78, 5) is 26.5. The number of nitrogens with zero attached hydrogens (tertiary/aromatic N) is 2. The van der Waals surface area contributed by atoms with E-state index in [1.165, 1.54) is 0 Å². The Hall–Kier alpha value is -2.83. The van der Waals surface area contributed by atoms with Crippen molar-refractivity contribution in [2.75, 3.05) is 11.9 Å². The maximum Gasteiger partial charge on any atom is 0.319 e. The number of aryl methyl sites for hydroxylation is 1. The third-order valence-corrected chi connectivity index (χ3v) is 4.80. The van der Waals surface area contributed by atoms with Crippen molar-refractivity contribution >= 4 is 17.6 Å². The molecule has 7 heteroatoms. The summed E-state index contributed by atoms with van der Waals surface area (Å²) in [6.07, 6.45) is 3.92. The third-order valence-electron chi connectivity index (χ3n) is 4.80. The van der Waals surface area contributed by atoms with Gasteiger partial charge in [-0.2, -0.15) is 0 Å². The molecule has 136 valence electrons. The Labute approximate surface area is 151 Å². The van der Waals surface area contributed by atoms with Crippen molar-refractivity contribution in [3.63, 3.8) is 0 Å². The molecule has 1 saturated heterocycles. The number of aromatic nitrogens is 1. The first-order chi connectivity index (χ1) is 12.6. The predicted octanol–water partition coefficient (Wildman–Crippen LogP) is 3.24. The largest absolute Gasteiger partial charge is 0.361 e. The van der Waals surface area contributed by atoms with Crippen molar-refractivity contribution in [3.05, 3.63) is 47.3 Å². The normalized spacial score (nSPS) is 19.4. The lowest BCUT2D eigenvalue weighted by Gasteiger charge is -2.23. The van der Waals surface area contributed by atoms with E-state index in [1.54, 1.807) is 24.3 Å². The predicted molar refractivity (Wildman–Crippen MR) is 95.9 cm³/mol. The quantitative estimate of drug-likeness (QED) is 0.882. The Kier molecular flexibility index (Phi) is 4.36. The number of amides is 3. The Bertz CT molecular complexity index is 810. The van der Waals surface area contributed by atoms with Crippen LogP contribution in [-0.4, -0.2) is 34.6 Å². The maximum atomic E-state index is 12.9. The van der Waals surface area contributed by atoms with Gasteiger partial charge >= 0.3 is 6.03 Å². The van der Waals surface area contributed by atoms with E-state index in [0.717, 1.165) is 37.1 Å². The van der Waals surface area contributed by atoms with Crippen molar-refractivity contribution in [3.8, 4) is 0 Å². The molecule has 1 aromatic carbocycles. The monoisotopic (exact) mass is 354 g/mol. The lowest BCUT2D eigenvalue weighted by atomic mass is 10.1. The van der Waals surface area contributed by atoms with Gasteiger partial charge in [0.05, 0.1) is 6.04 Å². The van der Waals surface area contributed by atoms with Crippen LogP contribution in [0.3, 0.4) is 0 Å². The number of rotatable bonds is 4. The highest BCUT2D eigenvalue weighted by Crippen LogP contribution is 2.32. The lowest BCUT2D eigenvalue weighted by molar-refractivity contribution is 0.0731. The van der Waals surface area contributed by atoms with Crippen molar-refractivity contribution in [2.24, 2.45) is 0 Å². The number of carbonyl (C=O) groups excluding carboxylic acids is 2. The summed E-state index contributed by atoms with van der Waals surface area (Å²) in [5.74, 6) is 0.723. The summed E-state index contributed by atoms with van der Waals surface area (Å²) >= 11 is 0. The zero-order valence-corrected chi connectivity index (χ0v) is 14.7. The van der Waals surface area contributed by atoms with Crippen LogP contribution in [-0.2, 0) is 0 Å². The average Bonchev–Trinajstić information content (AvgIpc) is 3.13. The summed E-state index contributed by atoms with van der Waals surface area (Å²) in [6.45, 7) is 2.56. The van der Waals surface area contributed by atoms with Gasteiger partial charge in [0.1, 0.15) is 11.5 Å². The highest BCUT2D eigenvalue weighted by atomic mass is 16.5. The molecular weight excluding hydrogens is 332 g/mol. The number of hydrogen-bond donors (Lipinski definition) is 2. The van der Waals surface area contributed by atoms with Gasteiger partial charge in [-0.25, -0.2) is 4.79 Å². The molecule has 26 heavy (non-hydrogen) atoms. The standard InChI is InChI=1S/C19H22N4O3/c1-12-11-16(22-26-12)17-3-2-10-23(17)18(24)13-4-6-14(7-5-13)20-19(25)21-15-8-9-15/h4-7,11,15,17H,2-3,8-10H2,1H3,(H2,20,21,25). The molecule has 1 saturated carbocycles. The first-order valence-corrected chi connectivity index (χ1v) is 9.02. The minimum atomic E-state index is -0.201. The molecule has 0 bridgehead atoms. The fourth-order valence-corrected chi connectivity index (χ4v) is 3.30. The fraction of sp³-hybridized carbons (Fsp3) is 0.421. The van der Waals surface area contributed by atoms with Crippen molar-refractivity contribution < 1.29 is 14.1 Å². The van der Waals surface area contributed by atoms with Gasteiger partial charge in [0.2, 0.25) is 0 Å². The van der Waals surface area contributed by atoms with E-state index in [0.29, 0.717) is 23.8 Å². The molecule has 2 N–H and O–H groups in total. The van der Waals surface area contributed by atoms with E-state index in [2.05, 4.69) is 15.8 Å². The molecule has 1 unspecified atom stereocenters. The molecule has 2 aliphatic rings. The molecule has 4 rings (SSSR count). The van der Waals surface area contributed by atoms with Gasteiger partial charge in [-0.3, -0.25) is 4.79 Å². The number of urea groups is 1. The Balaban J connectivity index is 1.42. The second-order valence-corrected chi connectivity index (χ2v) is 6.97. The summed E-state index contributed by atoms with van der Waals surface area (Å²) in [7, 11) is 0. The zero-order chi connectivity index (χ0) is 18.1. The summed E-state index contributed by atoms with van der Waals surface area (Å²) in [6, 6.07) is 8.97. The Morgan fingerprint density at radius 2 is 1.96 bits per heavy atom. The molecule has 1 aliphatic heterocycles. The van der Waals surface area contributed by atoms with Crippen LogP contribution in [0.1, 0.15) is 53.5 Å². The van der Waals surface area contributed by atoms with E-state index in [9.17, 15) is 9.59 Å². The van der Waals surface area contributed by atoms with E-state index in [4.69, 9.17) is 4.52 Å². The minimum Gasteiger partial charge on any atom is -0.361 e. The van der Waals surface area contributed by atoms with Crippen LogP contribution in [0.2, 0.25) is 0 Å². The van der Waals surface area contributed by atoms with Gasteiger partial charge in [0.25, 0.3) is 5.91 Å². The second kappa shape index (κ2) is 6.82. The number of carbonyl (C=O) groups is 2. The highest BCUT2D eigenvalue weighted by Gasteiger charge is 2.32. The van der Waals surface area contributed by atoms with Gasteiger partial charge in [-0.05, 0) is 56.9 Å². The molecule has 0 spiro atoms. The molecule has 1 aliphatic carbocycles. The fourth-order valence-electron chi connectivity index (χ4n) is 3.30. The summed E-state index contributed by atoms with van der Waals surface area (Å²) in [5.41, 5.74) is 2.08. The first-order valence-electron chi connectivity index (χ1n) is 9.02. The van der Waals surface area contributed by atoms with E-state index >= 15 is 0 Å². The minimum absolute atomic E-state index is 0.0258. The second-order valence-electron chi connectivity index (χ2n) is 6.97. The number of benzene rings is 1. The van der Waals surface area contributed by atoms with Gasteiger partial charge < -0.3 is 20.1 Å². The van der Waals surface area contributed by atoms with Crippen molar-refractivity contribution in [2.45, 2.75) is 44.7 Å². The molecule has 2 heterocycles. The number of nitrogens with one attached hydrogen (secondary N) is 2. The average molecular weight is 354 g/mol. The highest BCUT2D eigenvalue weighted by molar-refractivity contribution is 5.96. The van der Waals surface area contributed by atoms with Crippen molar-refractivity contribution in [1.82, 2.24) is 15.4 Å². The smallest absolute Gasteiger partial charge is 0.319 e. The maximum absolute atomic E-state index is 12.9. The van der Waals surface area contributed by atoms with E-state index in [-0.39, 0.29) is 18.0 Å². The van der Waals surface area contributed by atoms with E-state index in [1.807, 2.05) is 17.9 Å². The lowest BCUT2D eigenvalue weighted by Crippen LogP contribution is -2.31. The molecule has 1 aromatic heterocycles. The number of likely N-dealkylation sites (tertiary alicyclic amines) is 1. The van der Waals surface area contributed by atoms with Crippen LogP contribution in [0.4, 0.5) is 10.5 Å². The molecule has 2 fully saturated rings. The first kappa shape index (κ1) is 16.6. The summed E-state index contributed by atoms with van der Waals surface area (Å²) < 4.78 is 5.16. The Morgan fingerprint density at radius 1 is 1.19 bits per heavy atom. The van der Waals surface area contributed by atoms with Crippen molar-refractivity contribution in [1.29, 1.82) is 0 Å². The number of hydrogen-bond acceptors (Lipinski definition) is 4. The van der Waals surface area contributed by atoms with Crippen LogP contribution in [0, 0.1) is 6.92 Å². The van der Waals surface area contributed by atoms with Crippen LogP contribution < -0.4 is 10.6 Å². The Morgan fingerprint density at radius 3 is 2.62 bits per heavy atom. The van der Waals surface area contributed by atoms with Gasteiger partial charge in [0.15, 0.2) is 0 Å². The third kappa shape index (κ3) is 3.56. The molecule has 7 nitrogen and oxygen atoms in total. The van der Waals surface area contributed by atoms with Gasteiger partial charge in [-0.1, -0.05) is 5.16 Å². The van der Waals surface area contributed by atoms with E-state index < -0.39 is 0 Å². The van der Waals surface area contributed by atoms with Crippen LogP contribution >= 0.6 is 0 Å². The van der Waals surface area contributed by atoms with Gasteiger partial charge in [0, 0.05) is 29.9 Å². The molecule has 3 amide bonds. The topological polar surface area (TPSA) is 87.5 Å². The van der Waals surface area contributed by atoms with Crippen LogP contribution in [0.15, 0.2) is 34.9 Å². The molecular formula is C19H22N4O3.